The molecule has 3 nitrogen and oxygen atoms in total. The largest absolute Gasteiger partial charge is 0.376 e. The smallest absolute Gasteiger partial charge is 0.0700 e. The van der Waals surface area contributed by atoms with Gasteiger partial charge in [0.15, 0.2) is 0 Å². The Morgan fingerprint density at radius 2 is 2.19 bits per heavy atom. The number of ether oxygens (including phenoxy) is 1. The third-order valence-corrected chi connectivity index (χ3v) is 3.41. The first-order valence-corrected chi connectivity index (χ1v) is 6.84. The minimum atomic E-state index is 0.458. The Morgan fingerprint density at radius 1 is 1.38 bits per heavy atom. The zero-order valence-electron chi connectivity index (χ0n) is 11.2. The van der Waals surface area contributed by atoms with Crippen molar-refractivity contribution in [3.8, 4) is 0 Å². The van der Waals surface area contributed by atoms with Gasteiger partial charge >= 0.3 is 0 Å². The van der Waals surface area contributed by atoms with E-state index in [2.05, 4.69) is 31.0 Å². The van der Waals surface area contributed by atoms with Crippen molar-refractivity contribution in [3.63, 3.8) is 0 Å². The molecule has 0 spiro atoms. The van der Waals surface area contributed by atoms with Crippen LogP contribution in [0.15, 0.2) is 0 Å². The van der Waals surface area contributed by atoms with E-state index < -0.39 is 0 Å². The number of rotatable bonds is 7. The molecule has 1 heterocycles. The zero-order valence-corrected chi connectivity index (χ0v) is 11.2. The van der Waals surface area contributed by atoms with Gasteiger partial charge in [0.05, 0.1) is 12.7 Å². The summed E-state index contributed by atoms with van der Waals surface area (Å²) in [6.07, 6.45) is 4.07. The molecule has 0 aliphatic carbocycles. The summed E-state index contributed by atoms with van der Waals surface area (Å²) in [6.45, 7) is 12.2. The van der Waals surface area contributed by atoms with E-state index >= 15 is 0 Å². The van der Waals surface area contributed by atoms with Gasteiger partial charge in [-0.15, -0.1) is 0 Å². The molecule has 1 N–H and O–H groups in total. The summed E-state index contributed by atoms with van der Waals surface area (Å²) in [4.78, 5) is 2.57. The van der Waals surface area contributed by atoms with Crippen LogP contribution in [0.1, 0.15) is 40.0 Å². The van der Waals surface area contributed by atoms with E-state index in [1.807, 2.05) is 0 Å². The topological polar surface area (TPSA) is 24.5 Å². The maximum atomic E-state index is 5.69. The Hall–Kier alpha value is -0.120. The van der Waals surface area contributed by atoms with Crippen LogP contribution in [0.2, 0.25) is 0 Å². The fraction of sp³-hybridized carbons (Fsp3) is 1.00. The zero-order chi connectivity index (χ0) is 11.8. The first-order chi connectivity index (χ1) is 7.77. The second-order valence-electron chi connectivity index (χ2n) is 4.78. The highest BCUT2D eigenvalue weighted by atomic mass is 16.5. The maximum Gasteiger partial charge on any atom is 0.0700 e. The van der Waals surface area contributed by atoms with Gasteiger partial charge in [0.25, 0.3) is 0 Å². The molecule has 0 aromatic carbocycles. The predicted molar refractivity (Wildman–Crippen MR) is 68.8 cm³/mol. The van der Waals surface area contributed by atoms with Gasteiger partial charge in [-0.2, -0.15) is 0 Å². The van der Waals surface area contributed by atoms with Crippen molar-refractivity contribution in [1.82, 2.24) is 10.2 Å². The number of hydrogen-bond acceptors (Lipinski definition) is 3. The van der Waals surface area contributed by atoms with Crippen LogP contribution >= 0.6 is 0 Å². The molecule has 0 radical (unpaired) electrons. The first kappa shape index (κ1) is 13.9. The van der Waals surface area contributed by atoms with Crippen molar-refractivity contribution in [3.05, 3.63) is 0 Å². The molecule has 1 aliphatic heterocycles. The fourth-order valence-electron chi connectivity index (χ4n) is 2.18. The van der Waals surface area contributed by atoms with Gasteiger partial charge in [0, 0.05) is 19.1 Å². The van der Waals surface area contributed by atoms with Crippen LogP contribution in [0.4, 0.5) is 0 Å². The molecule has 0 aromatic rings. The van der Waals surface area contributed by atoms with E-state index in [9.17, 15) is 0 Å². The van der Waals surface area contributed by atoms with Crippen molar-refractivity contribution < 1.29 is 4.74 Å². The standard InChI is InChI=1S/C13H28N2O/c1-4-7-14-8-6-12(3)15-9-10-16-13(5-2)11-15/h12-14H,4-11H2,1-3H3. The molecular formula is C13H28N2O. The van der Waals surface area contributed by atoms with Crippen molar-refractivity contribution in [1.29, 1.82) is 0 Å². The molecule has 1 aliphatic rings. The third kappa shape index (κ3) is 4.81. The van der Waals surface area contributed by atoms with Crippen LogP contribution in [-0.4, -0.2) is 49.8 Å². The summed E-state index contributed by atoms with van der Waals surface area (Å²) in [5.74, 6) is 0. The highest BCUT2D eigenvalue weighted by Crippen LogP contribution is 2.12. The summed E-state index contributed by atoms with van der Waals surface area (Å²) in [5.41, 5.74) is 0. The Morgan fingerprint density at radius 3 is 2.88 bits per heavy atom. The van der Waals surface area contributed by atoms with E-state index in [4.69, 9.17) is 4.74 Å². The van der Waals surface area contributed by atoms with Crippen LogP contribution in [0.25, 0.3) is 0 Å². The Kier molecular flexibility index (Phi) is 7.01. The van der Waals surface area contributed by atoms with Gasteiger partial charge in [-0.1, -0.05) is 13.8 Å². The fourth-order valence-corrected chi connectivity index (χ4v) is 2.18. The van der Waals surface area contributed by atoms with E-state index in [1.54, 1.807) is 0 Å². The quantitative estimate of drug-likeness (QED) is 0.673. The lowest BCUT2D eigenvalue weighted by Gasteiger charge is -2.36. The lowest BCUT2D eigenvalue weighted by molar-refractivity contribution is -0.0428. The van der Waals surface area contributed by atoms with Crippen LogP contribution in [0, 0.1) is 0 Å². The highest BCUT2D eigenvalue weighted by Gasteiger charge is 2.22. The van der Waals surface area contributed by atoms with Gasteiger partial charge in [-0.3, -0.25) is 4.90 Å². The summed E-state index contributed by atoms with van der Waals surface area (Å²) in [7, 11) is 0. The van der Waals surface area contributed by atoms with Crippen molar-refractivity contribution in [2.24, 2.45) is 0 Å². The molecular weight excluding hydrogens is 200 g/mol. The molecule has 2 unspecified atom stereocenters. The van der Waals surface area contributed by atoms with Gasteiger partial charge < -0.3 is 10.1 Å². The minimum absolute atomic E-state index is 0.458. The molecule has 96 valence electrons. The molecule has 16 heavy (non-hydrogen) atoms. The van der Waals surface area contributed by atoms with Gasteiger partial charge in [-0.05, 0) is 39.3 Å². The molecule has 0 amide bonds. The molecule has 3 heteroatoms. The molecule has 0 bridgehead atoms. The summed E-state index contributed by atoms with van der Waals surface area (Å²) >= 11 is 0. The lowest BCUT2D eigenvalue weighted by Crippen LogP contribution is -2.47. The number of nitrogens with one attached hydrogen (secondary N) is 1. The number of morpholine rings is 1. The monoisotopic (exact) mass is 228 g/mol. The SMILES string of the molecule is CCCNCCC(C)N1CCOC(CC)C1. The maximum absolute atomic E-state index is 5.69. The molecule has 1 saturated heterocycles. The van der Waals surface area contributed by atoms with Crippen LogP contribution in [-0.2, 0) is 4.74 Å². The molecule has 1 rings (SSSR count). The molecule has 2 atom stereocenters. The normalized spacial score (nSPS) is 24.6. The molecule has 0 aromatic heterocycles. The first-order valence-electron chi connectivity index (χ1n) is 6.84. The highest BCUT2D eigenvalue weighted by molar-refractivity contribution is 4.75. The van der Waals surface area contributed by atoms with Crippen molar-refractivity contribution in [2.75, 3.05) is 32.8 Å². The Bertz CT molecular complexity index is 175. The third-order valence-electron chi connectivity index (χ3n) is 3.41. The predicted octanol–water partition coefficient (Wildman–Crippen LogP) is 1.88. The number of hydrogen-bond donors (Lipinski definition) is 1. The van der Waals surface area contributed by atoms with Crippen molar-refractivity contribution >= 4 is 0 Å². The van der Waals surface area contributed by atoms with E-state index in [-0.39, 0.29) is 0 Å². The van der Waals surface area contributed by atoms with Gasteiger partial charge in [-0.25, -0.2) is 0 Å². The van der Waals surface area contributed by atoms with E-state index in [0.717, 1.165) is 39.2 Å². The second kappa shape index (κ2) is 8.04. The summed E-state index contributed by atoms with van der Waals surface area (Å²) in [6, 6.07) is 0.683. The van der Waals surface area contributed by atoms with Crippen LogP contribution < -0.4 is 5.32 Å². The van der Waals surface area contributed by atoms with Crippen LogP contribution in [0.3, 0.4) is 0 Å². The summed E-state index contributed by atoms with van der Waals surface area (Å²) < 4.78 is 5.69. The molecule has 1 fully saturated rings. The average molecular weight is 228 g/mol. The number of nitrogens with zero attached hydrogens (tertiary/aromatic N) is 1. The lowest BCUT2D eigenvalue weighted by atomic mass is 10.1. The van der Waals surface area contributed by atoms with Crippen molar-refractivity contribution in [2.45, 2.75) is 52.2 Å². The van der Waals surface area contributed by atoms with Gasteiger partial charge in [0.1, 0.15) is 0 Å². The average Bonchev–Trinajstić information content (AvgIpc) is 2.34. The molecule has 0 saturated carbocycles. The summed E-state index contributed by atoms with van der Waals surface area (Å²) in [5, 5.41) is 3.47. The van der Waals surface area contributed by atoms with Gasteiger partial charge in [0.2, 0.25) is 0 Å². The Balaban J connectivity index is 2.16. The minimum Gasteiger partial charge on any atom is -0.376 e. The van der Waals surface area contributed by atoms with E-state index in [0.29, 0.717) is 12.1 Å². The van der Waals surface area contributed by atoms with Crippen LogP contribution in [0.5, 0.6) is 0 Å². The second-order valence-corrected chi connectivity index (χ2v) is 4.78. The Labute approximate surface area is 101 Å². The van der Waals surface area contributed by atoms with E-state index in [1.165, 1.54) is 12.8 Å².